The molecule has 9 rings (SSSR count). The van der Waals surface area contributed by atoms with Crippen LogP contribution in [0.25, 0.3) is 90.9 Å². The minimum absolute atomic E-state index is 0. The summed E-state index contributed by atoms with van der Waals surface area (Å²) in [4.78, 5) is 21.1. The van der Waals surface area contributed by atoms with Crippen molar-refractivity contribution in [1.82, 2.24) is 19.9 Å². The van der Waals surface area contributed by atoms with Gasteiger partial charge in [0, 0.05) is 22.7 Å². The van der Waals surface area contributed by atoms with Crippen molar-refractivity contribution in [3.8, 4) is 44.5 Å². The van der Waals surface area contributed by atoms with Crippen LogP contribution in [0, 0.1) is 0 Å². The second-order valence-electron chi connectivity index (χ2n) is 12.9. The Labute approximate surface area is 322 Å². The molecular formula is C44H32MgN8. The summed E-state index contributed by atoms with van der Waals surface area (Å²) in [6, 6.07) is 39.4. The summed E-state index contributed by atoms with van der Waals surface area (Å²) in [5.74, 6) is 0. The molecule has 3 aromatic heterocycles. The molecule has 8 bridgehead atoms. The largest absolute Gasteiger partial charge is 2.00 e. The van der Waals surface area contributed by atoms with Crippen LogP contribution in [-0.4, -0.2) is 33.0 Å². The van der Waals surface area contributed by atoms with E-state index >= 15 is 0 Å². The van der Waals surface area contributed by atoms with E-state index < -0.39 is 0 Å². The molecule has 0 atom stereocenters. The summed E-state index contributed by atoms with van der Waals surface area (Å²) < 4.78 is 0. The fourth-order valence-corrected chi connectivity index (χ4v) is 6.87. The van der Waals surface area contributed by atoms with Gasteiger partial charge < -0.3 is 32.9 Å². The Balaban J connectivity index is 0.00000400. The molecule has 5 heterocycles. The van der Waals surface area contributed by atoms with E-state index in [-0.39, 0.29) is 23.1 Å². The molecule has 2 aliphatic rings. The van der Waals surface area contributed by atoms with Gasteiger partial charge >= 0.3 is 23.1 Å². The van der Waals surface area contributed by atoms with Crippen molar-refractivity contribution < 1.29 is 0 Å². The van der Waals surface area contributed by atoms with Crippen molar-refractivity contribution in [3.05, 3.63) is 144 Å². The Kier molecular flexibility index (Phi) is 8.58. The normalized spacial score (nSPS) is 11.8. The van der Waals surface area contributed by atoms with Gasteiger partial charge in [0.15, 0.2) is 0 Å². The zero-order valence-corrected chi connectivity index (χ0v) is 30.1. The van der Waals surface area contributed by atoms with Gasteiger partial charge in [-0.1, -0.05) is 72.8 Å². The van der Waals surface area contributed by atoms with Crippen molar-refractivity contribution in [3.63, 3.8) is 0 Å². The van der Waals surface area contributed by atoms with Crippen molar-refractivity contribution in [2.24, 2.45) is 0 Å². The molecule has 53 heavy (non-hydrogen) atoms. The first-order chi connectivity index (χ1) is 25.4. The van der Waals surface area contributed by atoms with Gasteiger partial charge in [-0.3, -0.25) is 0 Å². The van der Waals surface area contributed by atoms with Crippen LogP contribution >= 0.6 is 0 Å². The number of fused-ring (bicyclic) bond motifs is 8. The number of rotatable bonds is 4. The summed E-state index contributed by atoms with van der Waals surface area (Å²) in [7, 11) is 0. The molecule has 0 fully saturated rings. The molecule has 8 nitrogen and oxygen atoms in total. The maximum atomic E-state index is 6.13. The van der Waals surface area contributed by atoms with E-state index in [0.29, 0.717) is 22.7 Å². The Morgan fingerprint density at radius 1 is 0.302 bits per heavy atom. The molecule has 250 valence electrons. The minimum Gasteiger partial charge on any atom is -0.657 e. The van der Waals surface area contributed by atoms with E-state index in [1.807, 2.05) is 146 Å². The number of nitrogens with two attached hydrogens (primary N) is 4. The fraction of sp³-hybridized carbons (Fsp3) is 0. The van der Waals surface area contributed by atoms with Gasteiger partial charge in [0.1, 0.15) is 0 Å². The van der Waals surface area contributed by atoms with Crippen molar-refractivity contribution in [1.29, 1.82) is 0 Å². The fourth-order valence-electron chi connectivity index (χ4n) is 6.87. The number of benzene rings is 4. The predicted octanol–water partition coefficient (Wildman–Crippen LogP) is 8.53. The Hall–Kier alpha value is -6.55. The molecule has 0 amide bonds. The molecule has 4 aromatic carbocycles. The first-order valence-corrected chi connectivity index (χ1v) is 16.9. The molecule has 0 saturated heterocycles. The van der Waals surface area contributed by atoms with Gasteiger partial charge in [0.2, 0.25) is 0 Å². The Morgan fingerprint density at radius 3 is 0.717 bits per heavy atom. The van der Waals surface area contributed by atoms with Gasteiger partial charge in [-0.25, -0.2) is 9.97 Å². The van der Waals surface area contributed by atoms with E-state index in [0.717, 1.165) is 89.4 Å². The standard InChI is InChI=1S/C44H32N8.Mg/c45-29-9-1-25(2-10-29)41-33-17-19-35(49-33)42(26-3-11-30(46)12-4-26)37-21-23-39(51-37)44(28-7-15-32(48)16-8-28)40-24-22-38(52-40)43(36-20-18-34(41)50-36)27-5-13-31(47)14-6-27;/h1-24H,45-48H2;/q-2;+2. The van der Waals surface area contributed by atoms with Crippen molar-refractivity contribution in [2.75, 3.05) is 22.9 Å². The van der Waals surface area contributed by atoms with Gasteiger partial charge in [-0.2, -0.15) is 0 Å². The zero-order chi connectivity index (χ0) is 35.3. The first kappa shape index (κ1) is 33.6. The van der Waals surface area contributed by atoms with Crippen LogP contribution in [-0.2, 0) is 0 Å². The Morgan fingerprint density at radius 2 is 0.509 bits per heavy atom. The van der Waals surface area contributed by atoms with Crippen LogP contribution in [0.4, 0.5) is 22.7 Å². The van der Waals surface area contributed by atoms with E-state index in [2.05, 4.69) is 0 Å². The van der Waals surface area contributed by atoms with Gasteiger partial charge in [-0.15, -0.1) is 22.1 Å². The van der Waals surface area contributed by atoms with Crippen LogP contribution in [0.1, 0.15) is 22.8 Å². The topological polar surface area (TPSA) is 158 Å². The number of nitrogen functional groups attached to an aromatic ring is 4. The van der Waals surface area contributed by atoms with E-state index in [1.165, 1.54) is 0 Å². The van der Waals surface area contributed by atoms with Crippen LogP contribution in [0.15, 0.2) is 121 Å². The summed E-state index contributed by atoms with van der Waals surface area (Å²) in [5, 5.41) is 0. The van der Waals surface area contributed by atoms with E-state index in [4.69, 9.17) is 42.9 Å². The number of hydrogen-bond donors (Lipinski definition) is 4. The number of nitrogens with zero attached hydrogens (tertiary/aromatic N) is 4. The summed E-state index contributed by atoms with van der Waals surface area (Å²) in [6.45, 7) is 0. The van der Waals surface area contributed by atoms with Crippen LogP contribution in [0.5, 0.6) is 0 Å². The second kappa shape index (κ2) is 13.5. The molecular weight excluding hydrogens is 665 g/mol. The maximum Gasteiger partial charge on any atom is 2.00 e. The third-order valence-electron chi connectivity index (χ3n) is 9.41. The summed E-state index contributed by atoms with van der Waals surface area (Å²) >= 11 is 0. The molecule has 0 saturated carbocycles. The predicted molar refractivity (Wildman–Crippen MR) is 222 cm³/mol. The molecule has 7 aromatic rings. The van der Waals surface area contributed by atoms with Gasteiger partial charge in [0.05, 0.1) is 22.8 Å². The molecule has 9 heteroatoms. The smallest absolute Gasteiger partial charge is 0.657 e. The second-order valence-corrected chi connectivity index (χ2v) is 12.9. The molecule has 0 unspecified atom stereocenters. The zero-order valence-electron chi connectivity index (χ0n) is 28.7. The molecule has 0 radical (unpaired) electrons. The SMILES string of the molecule is Nc1ccc(-c2c3nc(c(-c4ccc(N)cc4)c4ccc([n-]4)c(-c4ccc(N)cc4)c4nc(c(-c5ccc(N)cc5)c5ccc2[n-]5)C=C4)C=C3)cc1.[Mg+2]. The third-order valence-corrected chi connectivity index (χ3v) is 9.41. The number of anilines is 4. The van der Waals surface area contributed by atoms with Crippen LogP contribution in [0.3, 0.4) is 0 Å². The summed E-state index contributed by atoms with van der Waals surface area (Å²) in [5.41, 5.74) is 40.7. The number of aromatic nitrogens is 4. The molecule has 0 spiro atoms. The quantitative estimate of drug-likeness (QED) is 0.105. The summed E-state index contributed by atoms with van der Waals surface area (Å²) in [6.07, 6.45) is 8.15. The van der Waals surface area contributed by atoms with Crippen molar-refractivity contribution in [2.45, 2.75) is 0 Å². The monoisotopic (exact) mass is 696 g/mol. The third kappa shape index (κ3) is 6.22. The maximum absolute atomic E-state index is 6.13. The molecule has 2 aliphatic heterocycles. The van der Waals surface area contributed by atoms with Gasteiger partial charge in [0.25, 0.3) is 0 Å². The van der Waals surface area contributed by atoms with Gasteiger partial charge in [-0.05, 0) is 117 Å². The molecule has 0 aliphatic carbocycles. The Bertz CT molecular complexity index is 2370. The average Bonchev–Trinajstić information content (AvgIpc) is 3.99. The minimum atomic E-state index is 0. The number of hydrogen-bond acceptors (Lipinski definition) is 6. The van der Waals surface area contributed by atoms with Crippen LogP contribution in [0.2, 0.25) is 0 Å². The van der Waals surface area contributed by atoms with Crippen LogP contribution < -0.4 is 32.9 Å². The average molecular weight is 697 g/mol. The van der Waals surface area contributed by atoms with E-state index in [9.17, 15) is 0 Å². The van der Waals surface area contributed by atoms with Crippen molar-refractivity contribution >= 4 is 92.2 Å². The van der Waals surface area contributed by atoms with E-state index in [1.54, 1.807) is 0 Å². The first-order valence-electron chi connectivity index (χ1n) is 16.9. The molecule has 8 N–H and O–H groups in total.